The van der Waals surface area contributed by atoms with Crippen LogP contribution in [0, 0.1) is 5.82 Å². The van der Waals surface area contributed by atoms with Crippen LogP contribution in [-0.2, 0) is 6.42 Å². The second kappa shape index (κ2) is 6.49. The molecule has 0 saturated carbocycles. The number of benzene rings is 2. The first kappa shape index (κ1) is 16.6. The van der Waals surface area contributed by atoms with Crippen LogP contribution in [0.2, 0.25) is 0 Å². The van der Waals surface area contributed by atoms with E-state index in [4.69, 9.17) is 17.2 Å². The van der Waals surface area contributed by atoms with Crippen molar-refractivity contribution in [1.29, 1.82) is 0 Å². The van der Waals surface area contributed by atoms with Gasteiger partial charge in [-0.05, 0) is 29.7 Å². The summed E-state index contributed by atoms with van der Waals surface area (Å²) in [5.41, 5.74) is 21.5. The highest BCUT2D eigenvalue weighted by atomic mass is 19.1. The molecule has 2 aromatic heterocycles. The fraction of sp³-hybridized carbons (Fsp3) is 0.0526. The van der Waals surface area contributed by atoms with Crippen molar-refractivity contribution in [2.75, 3.05) is 17.2 Å². The Morgan fingerprint density at radius 2 is 1.33 bits per heavy atom. The van der Waals surface area contributed by atoms with E-state index >= 15 is 0 Å². The molecule has 7 nitrogen and oxygen atoms in total. The molecule has 0 atom stereocenters. The molecule has 2 aromatic carbocycles. The summed E-state index contributed by atoms with van der Waals surface area (Å²) in [6.07, 6.45) is 0.694. The van der Waals surface area contributed by atoms with Crippen molar-refractivity contribution in [3.05, 3.63) is 65.5 Å². The number of nitrogen functional groups attached to an aromatic ring is 3. The van der Waals surface area contributed by atoms with Crippen LogP contribution in [0.5, 0.6) is 0 Å². The fourth-order valence-corrected chi connectivity index (χ4v) is 2.83. The molecule has 0 bridgehead atoms. The minimum Gasteiger partial charge on any atom is -0.382 e. The van der Waals surface area contributed by atoms with E-state index in [2.05, 4.69) is 19.9 Å². The molecule has 4 aromatic rings. The minimum atomic E-state index is -0.246. The molecule has 4 rings (SSSR count). The van der Waals surface area contributed by atoms with Gasteiger partial charge in [-0.3, -0.25) is 0 Å². The molecule has 0 spiro atoms. The minimum absolute atomic E-state index is 0.0200. The van der Waals surface area contributed by atoms with E-state index < -0.39 is 0 Å². The van der Waals surface area contributed by atoms with Crippen LogP contribution in [0.3, 0.4) is 0 Å². The van der Waals surface area contributed by atoms with Gasteiger partial charge in [0.25, 0.3) is 0 Å². The van der Waals surface area contributed by atoms with E-state index in [-0.39, 0.29) is 29.0 Å². The number of nitrogens with two attached hydrogens (primary N) is 3. The number of fused-ring (bicyclic) bond motifs is 1. The Morgan fingerprint density at radius 3 is 2.00 bits per heavy atom. The van der Waals surface area contributed by atoms with Crippen LogP contribution >= 0.6 is 0 Å². The van der Waals surface area contributed by atoms with Crippen molar-refractivity contribution < 1.29 is 4.39 Å². The highest BCUT2D eigenvalue weighted by Crippen LogP contribution is 2.27. The summed E-state index contributed by atoms with van der Waals surface area (Å²) < 4.78 is 13.0. The molecule has 27 heavy (non-hydrogen) atoms. The molecule has 134 valence electrons. The predicted octanol–water partition coefficient (Wildman–Crippen LogP) is 2.56. The Hall–Kier alpha value is -3.81. The van der Waals surface area contributed by atoms with E-state index in [9.17, 15) is 4.39 Å². The number of rotatable bonds is 3. The van der Waals surface area contributed by atoms with Gasteiger partial charge in [-0.1, -0.05) is 36.4 Å². The zero-order chi connectivity index (χ0) is 19.0. The van der Waals surface area contributed by atoms with Crippen molar-refractivity contribution >= 4 is 28.7 Å². The van der Waals surface area contributed by atoms with Crippen LogP contribution in [0.25, 0.3) is 22.4 Å². The van der Waals surface area contributed by atoms with Gasteiger partial charge in [0.2, 0.25) is 5.95 Å². The molecule has 0 aliphatic rings. The summed E-state index contributed by atoms with van der Waals surface area (Å²) in [7, 11) is 0. The maximum atomic E-state index is 13.0. The van der Waals surface area contributed by atoms with E-state index in [1.165, 1.54) is 12.1 Å². The van der Waals surface area contributed by atoms with Crippen molar-refractivity contribution in [2.24, 2.45) is 0 Å². The fourth-order valence-electron chi connectivity index (χ4n) is 2.83. The summed E-state index contributed by atoms with van der Waals surface area (Å²) in [6, 6.07) is 14.2. The Kier molecular flexibility index (Phi) is 4.00. The second-order valence-corrected chi connectivity index (χ2v) is 6.10. The lowest BCUT2D eigenvalue weighted by atomic mass is 10.0. The van der Waals surface area contributed by atoms with Crippen LogP contribution in [-0.4, -0.2) is 19.9 Å². The first-order valence-corrected chi connectivity index (χ1v) is 8.19. The van der Waals surface area contributed by atoms with Crippen molar-refractivity contribution in [2.45, 2.75) is 6.42 Å². The molecule has 2 heterocycles. The normalized spacial score (nSPS) is 11.0. The zero-order valence-corrected chi connectivity index (χ0v) is 14.2. The molecule has 0 saturated heterocycles. The average Bonchev–Trinajstić information content (AvgIpc) is 2.64. The molecule has 0 unspecified atom stereocenters. The smallest absolute Gasteiger partial charge is 0.224 e. The number of hydrogen-bond acceptors (Lipinski definition) is 7. The Morgan fingerprint density at radius 1 is 0.704 bits per heavy atom. The monoisotopic (exact) mass is 361 g/mol. The van der Waals surface area contributed by atoms with Gasteiger partial charge in [0.05, 0.1) is 0 Å². The van der Waals surface area contributed by atoms with Crippen LogP contribution < -0.4 is 17.2 Å². The quantitative estimate of drug-likeness (QED) is 0.511. The second-order valence-electron chi connectivity index (χ2n) is 6.10. The van der Waals surface area contributed by atoms with Gasteiger partial charge in [-0.2, -0.15) is 9.97 Å². The molecule has 0 aliphatic carbocycles. The third kappa shape index (κ3) is 3.32. The van der Waals surface area contributed by atoms with E-state index in [1.54, 1.807) is 12.1 Å². The van der Waals surface area contributed by atoms with Gasteiger partial charge in [-0.25, -0.2) is 14.4 Å². The summed E-state index contributed by atoms with van der Waals surface area (Å²) in [4.78, 5) is 16.6. The van der Waals surface area contributed by atoms with E-state index in [0.29, 0.717) is 17.6 Å². The molecule has 0 fully saturated rings. The Labute approximate surface area is 154 Å². The van der Waals surface area contributed by atoms with Crippen molar-refractivity contribution in [3.8, 4) is 11.3 Å². The third-order valence-corrected chi connectivity index (χ3v) is 4.15. The van der Waals surface area contributed by atoms with E-state index in [1.807, 2.05) is 24.3 Å². The predicted molar refractivity (Wildman–Crippen MR) is 103 cm³/mol. The summed E-state index contributed by atoms with van der Waals surface area (Å²) in [5.74, 6) is 0.154. The standard InChI is InChI=1S/C19H16FN7/c20-13-7-3-11(4-8-13)9-10-1-5-12(6-2-10)14-16(21)25-18-15(24-14)17(22)26-19(23)27-18/h1-8H,9H2,(H6,21,22,23,25,26,27). The highest BCUT2D eigenvalue weighted by Gasteiger charge is 2.13. The zero-order valence-electron chi connectivity index (χ0n) is 14.2. The summed E-state index contributed by atoms with van der Waals surface area (Å²) >= 11 is 0. The SMILES string of the molecule is Nc1nc(N)c2nc(-c3ccc(Cc4ccc(F)cc4)cc3)c(N)nc2n1. The molecule has 0 radical (unpaired) electrons. The maximum absolute atomic E-state index is 13.0. The summed E-state index contributed by atoms with van der Waals surface area (Å²) in [6.45, 7) is 0. The van der Waals surface area contributed by atoms with Gasteiger partial charge in [0, 0.05) is 5.56 Å². The number of halogens is 1. The van der Waals surface area contributed by atoms with Gasteiger partial charge in [0.15, 0.2) is 22.8 Å². The number of aromatic nitrogens is 4. The molecule has 0 amide bonds. The Bertz CT molecular complexity index is 1130. The lowest BCUT2D eigenvalue weighted by Gasteiger charge is -2.09. The molecular formula is C19H16FN7. The van der Waals surface area contributed by atoms with Gasteiger partial charge >= 0.3 is 0 Å². The topological polar surface area (TPSA) is 130 Å². The molecule has 8 heteroatoms. The van der Waals surface area contributed by atoms with Crippen molar-refractivity contribution in [3.63, 3.8) is 0 Å². The molecular weight excluding hydrogens is 345 g/mol. The summed E-state index contributed by atoms with van der Waals surface area (Å²) in [5, 5.41) is 0. The first-order valence-electron chi connectivity index (χ1n) is 8.19. The number of anilines is 3. The van der Waals surface area contributed by atoms with Gasteiger partial charge < -0.3 is 17.2 Å². The largest absolute Gasteiger partial charge is 0.382 e. The third-order valence-electron chi connectivity index (χ3n) is 4.15. The van der Waals surface area contributed by atoms with Gasteiger partial charge in [-0.15, -0.1) is 0 Å². The van der Waals surface area contributed by atoms with Crippen molar-refractivity contribution in [1.82, 2.24) is 19.9 Å². The first-order chi connectivity index (χ1) is 13.0. The van der Waals surface area contributed by atoms with E-state index in [0.717, 1.165) is 16.7 Å². The van der Waals surface area contributed by atoms with Gasteiger partial charge in [0.1, 0.15) is 11.5 Å². The van der Waals surface area contributed by atoms with Crippen LogP contribution in [0.15, 0.2) is 48.5 Å². The maximum Gasteiger partial charge on any atom is 0.224 e. The number of hydrogen-bond donors (Lipinski definition) is 3. The van der Waals surface area contributed by atoms with Crippen LogP contribution in [0.1, 0.15) is 11.1 Å². The lowest BCUT2D eigenvalue weighted by Crippen LogP contribution is -2.06. The molecule has 0 aliphatic heterocycles. The Balaban J connectivity index is 1.67. The molecule has 6 N–H and O–H groups in total. The average molecular weight is 361 g/mol. The highest BCUT2D eigenvalue weighted by molar-refractivity contribution is 5.87. The van der Waals surface area contributed by atoms with Crippen LogP contribution in [0.4, 0.5) is 22.0 Å². The lowest BCUT2D eigenvalue weighted by molar-refractivity contribution is 0.627. The number of nitrogens with zero attached hydrogens (tertiary/aromatic N) is 4.